The third-order valence-corrected chi connectivity index (χ3v) is 3.31. The van der Waals surface area contributed by atoms with Crippen molar-refractivity contribution in [2.75, 3.05) is 31.4 Å². The van der Waals surface area contributed by atoms with Crippen molar-refractivity contribution >= 4 is 23.7 Å². The first-order valence-corrected chi connectivity index (χ1v) is 6.81. The molecule has 0 aromatic carbocycles. The molecule has 0 spiro atoms. The van der Waals surface area contributed by atoms with Crippen LogP contribution in [0.5, 0.6) is 0 Å². The van der Waals surface area contributed by atoms with Gasteiger partial charge in [-0.25, -0.2) is 9.89 Å². The van der Waals surface area contributed by atoms with Gasteiger partial charge in [0.05, 0.1) is 0 Å². The van der Waals surface area contributed by atoms with E-state index in [1.165, 1.54) is 16.3 Å². The van der Waals surface area contributed by atoms with Crippen LogP contribution in [-0.4, -0.2) is 50.9 Å². The van der Waals surface area contributed by atoms with Crippen LogP contribution in [0, 0.1) is 0 Å². The van der Waals surface area contributed by atoms with Gasteiger partial charge < -0.3 is 10.2 Å². The molecule has 0 radical (unpaired) electrons. The highest BCUT2D eigenvalue weighted by Crippen LogP contribution is 2.23. The Kier molecular flexibility index (Phi) is 4.23. The molecule has 0 aliphatic heterocycles. The van der Waals surface area contributed by atoms with Crippen LogP contribution in [0.2, 0.25) is 0 Å². The highest BCUT2D eigenvalue weighted by atomic mass is 32.2. The summed E-state index contributed by atoms with van der Waals surface area (Å²) in [6.45, 7) is 2.40. The average molecular weight is 296 g/mol. The third-order valence-electron chi connectivity index (χ3n) is 2.45. The van der Waals surface area contributed by atoms with Gasteiger partial charge in [0, 0.05) is 27.7 Å². The Morgan fingerprint density at radius 1 is 1.35 bits per heavy atom. The summed E-state index contributed by atoms with van der Waals surface area (Å²) in [5, 5.41) is 10.3. The smallest absolute Gasteiger partial charge is 0.343 e. The topological polar surface area (TPSA) is 105 Å². The highest BCUT2D eigenvalue weighted by Gasteiger charge is 2.13. The Morgan fingerprint density at radius 2 is 2.10 bits per heavy atom. The fraction of sp³-hybridized carbons (Fsp3) is 0.500. The lowest BCUT2D eigenvalue weighted by Gasteiger charge is -2.12. The Balaban J connectivity index is 2.37. The molecule has 20 heavy (non-hydrogen) atoms. The maximum absolute atomic E-state index is 11.5. The van der Waals surface area contributed by atoms with Crippen molar-refractivity contribution in [1.82, 2.24) is 29.7 Å². The number of aromatic amines is 1. The Bertz CT molecular complexity index is 649. The van der Waals surface area contributed by atoms with E-state index < -0.39 is 0 Å². The Labute approximate surface area is 119 Å². The molecule has 2 rings (SSSR count). The molecule has 0 atom stereocenters. The number of aromatic nitrogens is 6. The van der Waals surface area contributed by atoms with Crippen LogP contribution in [0.1, 0.15) is 6.92 Å². The minimum atomic E-state index is -0.245. The van der Waals surface area contributed by atoms with Gasteiger partial charge in [-0.15, -0.1) is 5.10 Å². The van der Waals surface area contributed by atoms with E-state index in [1.54, 1.807) is 11.9 Å². The fourth-order valence-corrected chi connectivity index (χ4v) is 2.28. The molecule has 108 valence electrons. The van der Waals surface area contributed by atoms with Gasteiger partial charge in [-0.1, -0.05) is 0 Å². The molecule has 0 bridgehead atoms. The number of nitrogens with one attached hydrogen (secondary N) is 2. The maximum Gasteiger partial charge on any atom is 0.343 e. The molecule has 2 aromatic rings. The van der Waals surface area contributed by atoms with Crippen LogP contribution in [-0.2, 0) is 6.54 Å². The maximum atomic E-state index is 11.5. The molecule has 0 aliphatic carbocycles. The first-order chi connectivity index (χ1) is 9.55. The molecule has 0 fully saturated rings. The SMILES string of the molecule is CCn1c(Sc2nc(NC)nc(N(C)C)n2)n[nH]c1=O. The summed E-state index contributed by atoms with van der Waals surface area (Å²) in [4.78, 5) is 26.1. The van der Waals surface area contributed by atoms with Gasteiger partial charge in [-0.2, -0.15) is 15.0 Å². The van der Waals surface area contributed by atoms with E-state index in [0.717, 1.165) is 0 Å². The van der Waals surface area contributed by atoms with Crippen molar-refractivity contribution in [2.45, 2.75) is 23.8 Å². The Morgan fingerprint density at radius 3 is 2.70 bits per heavy atom. The van der Waals surface area contributed by atoms with Gasteiger partial charge in [-0.05, 0) is 18.7 Å². The number of nitrogens with zero attached hydrogens (tertiary/aromatic N) is 6. The Hall–Kier alpha value is -2.10. The van der Waals surface area contributed by atoms with E-state index in [1.807, 2.05) is 21.0 Å². The molecule has 9 nitrogen and oxygen atoms in total. The average Bonchev–Trinajstić information content (AvgIpc) is 2.78. The summed E-state index contributed by atoms with van der Waals surface area (Å²) in [5.41, 5.74) is -0.245. The van der Waals surface area contributed by atoms with E-state index in [-0.39, 0.29) is 5.69 Å². The number of rotatable bonds is 5. The summed E-state index contributed by atoms with van der Waals surface area (Å²) in [5.74, 6) is 1.000. The lowest BCUT2D eigenvalue weighted by molar-refractivity contribution is 0.659. The van der Waals surface area contributed by atoms with Crippen LogP contribution >= 0.6 is 11.8 Å². The molecule has 0 amide bonds. The van der Waals surface area contributed by atoms with Crippen molar-refractivity contribution in [3.05, 3.63) is 10.5 Å². The summed E-state index contributed by atoms with van der Waals surface area (Å²) in [7, 11) is 5.43. The summed E-state index contributed by atoms with van der Waals surface area (Å²) in [6.07, 6.45) is 0. The molecule has 0 unspecified atom stereocenters. The molecule has 0 aliphatic rings. The second-order valence-corrected chi connectivity index (χ2v) is 4.98. The lowest BCUT2D eigenvalue weighted by Crippen LogP contribution is -2.17. The normalized spacial score (nSPS) is 10.6. The number of hydrogen-bond acceptors (Lipinski definition) is 8. The van der Waals surface area contributed by atoms with Crippen molar-refractivity contribution in [3.63, 3.8) is 0 Å². The quantitative estimate of drug-likeness (QED) is 0.796. The first kappa shape index (κ1) is 14.3. The predicted octanol–water partition coefficient (Wildman–Crippen LogP) is 0.0352. The predicted molar refractivity (Wildman–Crippen MR) is 76.3 cm³/mol. The van der Waals surface area contributed by atoms with Crippen LogP contribution in [0.25, 0.3) is 0 Å². The monoisotopic (exact) mass is 296 g/mol. The zero-order valence-corrected chi connectivity index (χ0v) is 12.5. The van der Waals surface area contributed by atoms with Crippen LogP contribution in [0.15, 0.2) is 15.1 Å². The third kappa shape index (κ3) is 2.90. The molecule has 0 saturated carbocycles. The number of H-pyrrole nitrogens is 1. The van der Waals surface area contributed by atoms with Crippen molar-refractivity contribution < 1.29 is 0 Å². The summed E-state index contributed by atoms with van der Waals surface area (Å²) < 4.78 is 1.52. The molecule has 2 N–H and O–H groups in total. The number of hydrogen-bond donors (Lipinski definition) is 2. The zero-order chi connectivity index (χ0) is 14.7. The number of anilines is 2. The van der Waals surface area contributed by atoms with Crippen LogP contribution in [0.4, 0.5) is 11.9 Å². The van der Waals surface area contributed by atoms with E-state index in [0.29, 0.717) is 28.8 Å². The first-order valence-electron chi connectivity index (χ1n) is 5.99. The van der Waals surface area contributed by atoms with Gasteiger partial charge in [0.15, 0.2) is 5.16 Å². The van der Waals surface area contributed by atoms with Gasteiger partial charge in [-0.3, -0.25) is 4.57 Å². The second kappa shape index (κ2) is 5.90. The molecular formula is C10H16N8OS. The van der Waals surface area contributed by atoms with Crippen LogP contribution in [0.3, 0.4) is 0 Å². The largest absolute Gasteiger partial charge is 0.357 e. The highest BCUT2D eigenvalue weighted by molar-refractivity contribution is 7.99. The molecule has 2 aromatic heterocycles. The van der Waals surface area contributed by atoms with E-state index >= 15 is 0 Å². The van der Waals surface area contributed by atoms with Crippen molar-refractivity contribution in [2.24, 2.45) is 0 Å². The summed E-state index contributed by atoms with van der Waals surface area (Å²) in [6, 6.07) is 0. The zero-order valence-electron chi connectivity index (χ0n) is 11.7. The van der Waals surface area contributed by atoms with E-state index in [2.05, 4.69) is 30.5 Å². The van der Waals surface area contributed by atoms with Gasteiger partial charge >= 0.3 is 5.69 Å². The molecule has 10 heteroatoms. The van der Waals surface area contributed by atoms with Crippen molar-refractivity contribution in [3.8, 4) is 0 Å². The standard InChI is InChI=1S/C10H16N8OS/c1-5-18-9(19)15-16-10(18)20-8-13-6(11-2)12-7(14-8)17(3)4/h5H2,1-4H3,(H,15,19)(H,11,12,13,14). The van der Waals surface area contributed by atoms with Gasteiger partial charge in [0.2, 0.25) is 17.1 Å². The molecular weight excluding hydrogens is 280 g/mol. The molecule has 2 heterocycles. The van der Waals surface area contributed by atoms with Crippen LogP contribution < -0.4 is 15.9 Å². The van der Waals surface area contributed by atoms with Crippen molar-refractivity contribution in [1.29, 1.82) is 0 Å². The van der Waals surface area contributed by atoms with Gasteiger partial charge in [0.1, 0.15) is 0 Å². The summed E-state index contributed by atoms with van der Waals surface area (Å²) >= 11 is 1.21. The minimum absolute atomic E-state index is 0.245. The second-order valence-electron chi connectivity index (χ2n) is 4.04. The van der Waals surface area contributed by atoms with E-state index in [4.69, 9.17) is 0 Å². The molecule has 0 saturated heterocycles. The minimum Gasteiger partial charge on any atom is -0.357 e. The van der Waals surface area contributed by atoms with Gasteiger partial charge in [0.25, 0.3) is 0 Å². The lowest BCUT2D eigenvalue weighted by atomic mass is 10.7. The van der Waals surface area contributed by atoms with E-state index in [9.17, 15) is 4.79 Å². The fourth-order valence-electron chi connectivity index (χ4n) is 1.44.